The number of carbonyl (C=O) groups is 1. The molecule has 0 bridgehead atoms. The fourth-order valence-electron chi connectivity index (χ4n) is 2.16. The van der Waals surface area contributed by atoms with Crippen LogP contribution in [0.3, 0.4) is 0 Å². The quantitative estimate of drug-likeness (QED) is 0.708. The lowest BCUT2D eigenvalue weighted by Crippen LogP contribution is -2.31. The summed E-state index contributed by atoms with van der Waals surface area (Å²) in [5.74, 6) is 2.21. The number of rotatable bonds is 3. The third-order valence-electron chi connectivity index (χ3n) is 3.33. The average Bonchev–Trinajstić information content (AvgIpc) is 2.84. The van der Waals surface area contributed by atoms with E-state index in [0.717, 1.165) is 31.2 Å². The zero-order valence-electron chi connectivity index (χ0n) is 8.38. The first kappa shape index (κ1) is 9.04. The summed E-state index contributed by atoms with van der Waals surface area (Å²) in [5.41, 5.74) is 0. The zero-order chi connectivity index (χ0) is 9.26. The lowest BCUT2D eigenvalue weighted by molar-refractivity contribution is -0.124. The Morgan fingerprint density at radius 3 is 2.62 bits per heavy atom. The third kappa shape index (κ3) is 2.45. The van der Waals surface area contributed by atoms with Crippen LogP contribution in [-0.2, 0) is 4.79 Å². The molecule has 0 aliphatic heterocycles. The number of amides is 1. The Bertz CT molecular complexity index is 198. The summed E-state index contributed by atoms with van der Waals surface area (Å²) in [5, 5.41) is 3.07. The van der Waals surface area contributed by atoms with Gasteiger partial charge in [0, 0.05) is 12.5 Å². The Morgan fingerprint density at radius 2 is 2.08 bits per heavy atom. The normalized spacial score (nSPS) is 33.3. The minimum Gasteiger partial charge on any atom is -0.356 e. The van der Waals surface area contributed by atoms with Crippen LogP contribution in [0.2, 0.25) is 0 Å². The summed E-state index contributed by atoms with van der Waals surface area (Å²) in [6.45, 7) is 3.18. The Kier molecular flexibility index (Phi) is 2.56. The Hall–Kier alpha value is -0.530. The van der Waals surface area contributed by atoms with E-state index in [-0.39, 0.29) is 0 Å². The van der Waals surface area contributed by atoms with Gasteiger partial charge in [0.2, 0.25) is 5.91 Å². The predicted molar refractivity (Wildman–Crippen MR) is 52.2 cm³/mol. The maximum absolute atomic E-state index is 11.6. The smallest absolute Gasteiger partial charge is 0.223 e. The average molecular weight is 181 g/mol. The van der Waals surface area contributed by atoms with Gasteiger partial charge in [-0.2, -0.15) is 0 Å². The van der Waals surface area contributed by atoms with Gasteiger partial charge in [-0.15, -0.1) is 0 Å². The number of hydrogen-bond donors (Lipinski definition) is 1. The fraction of sp³-hybridized carbons (Fsp3) is 0.909. The number of nitrogens with one attached hydrogen (secondary N) is 1. The van der Waals surface area contributed by atoms with Crippen LogP contribution in [0.1, 0.15) is 39.0 Å². The van der Waals surface area contributed by atoms with Gasteiger partial charge >= 0.3 is 0 Å². The molecule has 2 nitrogen and oxygen atoms in total. The van der Waals surface area contributed by atoms with Gasteiger partial charge in [0.05, 0.1) is 0 Å². The van der Waals surface area contributed by atoms with Crippen molar-refractivity contribution < 1.29 is 4.79 Å². The van der Waals surface area contributed by atoms with E-state index >= 15 is 0 Å². The summed E-state index contributed by atoms with van der Waals surface area (Å²) in [6, 6.07) is 0. The van der Waals surface area contributed by atoms with E-state index in [0.29, 0.717) is 11.8 Å². The van der Waals surface area contributed by atoms with Crippen LogP contribution in [0, 0.1) is 17.8 Å². The molecule has 2 atom stereocenters. The molecule has 0 heterocycles. The van der Waals surface area contributed by atoms with Gasteiger partial charge < -0.3 is 5.32 Å². The third-order valence-corrected chi connectivity index (χ3v) is 3.33. The fourth-order valence-corrected chi connectivity index (χ4v) is 2.16. The molecule has 2 saturated carbocycles. The Balaban J connectivity index is 1.69. The van der Waals surface area contributed by atoms with Gasteiger partial charge in [-0.05, 0) is 43.9 Å². The Labute approximate surface area is 80.1 Å². The van der Waals surface area contributed by atoms with Crippen molar-refractivity contribution in [1.29, 1.82) is 0 Å². The standard InChI is InChI=1S/C11H19NO/c1-8-2-5-10(6-8)11(13)12-7-9-3-4-9/h8-10H,2-7H2,1H3,(H,12,13). The zero-order valence-corrected chi connectivity index (χ0v) is 8.38. The molecule has 1 N–H and O–H groups in total. The molecule has 2 aliphatic rings. The van der Waals surface area contributed by atoms with Crippen molar-refractivity contribution in [3.8, 4) is 0 Å². The van der Waals surface area contributed by atoms with Crippen LogP contribution in [-0.4, -0.2) is 12.5 Å². The van der Waals surface area contributed by atoms with Crippen LogP contribution >= 0.6 is 0 Å². The SMILES string of the molecule is CC1CCC(C(=O)NCC2CC2)C1. The topological polar surface area (TPSA) is 29.1 Å². The highest BCUT2D eigenvalue weighted by molar-refractivity contribution is 5.78. The summed E-state index contributed by atoms with van der Waals surface area (Å²) < 4.78 is 0. The first-order valence-corrected chi connectivity index (χ1v) is 5.53. The lowest BCUT2D eigenvalue weighted by Gasteiger charge is -2.09. The van der Waals surface area contributed by atoms with Crippen molar-refractivity contribution in [2.24, 2.45) is 17.8 Å². The molecular formula is C11H19NO. The highest BCUT2D eigenvalue weighted by atomic mass is 16.1. The van der Waals surface area contributed by atoms with Crippen LogP contribution < -0.4 is 5.32 Å². The van der Waals surface area contributed by atoms with Crippen LogP contribution in [0.5, 0.6) is 0 Å². The molecular weight excluding hydrogens is 162 g/mol. The number of hydrogen-bond acceptors (Lipinski definition) is 1. The van der Waals surface area contributed by atoms with Gasteiger partial charge in [-0.3, -0.25) is 4.79 Å². The molecule has 0 aromatic rings. The molecule has 0 aromatic carbocycles. The molecule has 0 radical (unpaired) electrons. The van der Waals surface area contributed by atoms with Gasteiger partial charge in [0.15, 0.2) is 0 Å². The maximum atomic E-state index is 11.6. The molecule has 13 heavy (non-hydrogen) atoms. The molecule has 2 unspecified atom stereocenters. The second-order valence-electron chi connectivity index (χ2n) is 4.80. The first-order valence-electron chi connectivity index (χ1n) is 5.53. The van der Waals surface area contributed by atoms with E-state index in [2.05, 4.69) is 12.2 Å². The highest BCUT2D eigenvalue weighted by Gasteiger charge is 2.28. The van der Waals surface area contributed by atoms with Gasteiger partial charge in [-0.1, -0.05) is 6.92 Å². The van der Waals surface area contributed by atoms with Gasteiger partial charge in [0.25, 0.3) is 0 Å². The van der Waals surface area contributed by atoms with E-state index < -0.39 is 0 Å². The van der Waals surface area contributed by atoms with Gasteiger partial charge in [0.1, 0.15) is 0 Å². The molecule has 2 aliphatic carbocycles. The highest BCUT2D eigenvalue weighted by Crippen LogP contribution is 2.31. The molecule has 2 fully saturated rings. The molecule has 74 valence electrons. The van der Waals surface area contributed by atoms with E-state index in [1.807, 2.05) is 0 Å². The summed E-state index contributed by atoms with van der Waals surface area (Å²) in [7, 11) is 0. The van der Waals surface area contributed by atoms with Crippen molar-refractivity contribution in [3.63, 3.8) is 0 Å². The second kappa shape index (κ2) is 3.69. The van der Waals surface area contributed by atoms with Crippen molar-refractivity contribution in [2.45, 2.75) is 39.0 Å². The summed E-state index contributed by atoms with van der Waals surface area (Å²) in [4.78, 5) is 11.6. The van der Waals surface area contributed by atoms with E-state index in [9.17, 15) is 4.79 Å². The molecule has 2 rings (SSSR count). The minimum absolute atomic E-state index is 0.316. The van der Waals surface area contributed by atoms with E-state index in [1.165, 1.54) is 19.3 Å². The predicted octanol–water partition coefficient (Wildman–Crippen LogP) is 1.95. The second-order valence-corrected chi connectivity index (χ2v) is 4.80. The van der Waals surface area contributed by atoms with Crippen LogP contribution in [0.15, 0.2) is 0 Å². The monoisotopic (exact) mass is 181 g/mol. The van der Waals surface area contributed by atoms with Gasteiger partial charge in [-0.25, -0.2) is 0 Å². The summed E-state index contributed by atoms with van der Waals surface area (Å²) >= 11 is 0. The van der Waals surface area contributed by atoms with E-state index in [4.69, 9.17) is 0 Å². The van der Waals surface area contributed by atoms with Crippen molar-refractivity contribution in [1.82, 2.24) is 5.32 Å². The molecule has 0 aromatic heterocycles. The molecule has 0 spiro atoms. The Morgan fingerprint density at radius 1 is 1.31 bits per heavy atom. The molecule has 2 heteroatoms. The first-order chi connectivity index (χ1) is 6.25. The maximum Gasteiger partial charge on any atom is 0.223 e. The molecule has 1 amide bonds. The van der Waals surface area contributed by atoms with Crippen LogP contribution in [0.25, 0.3) is 0 Å². The lowest BCUT2D eigenvalue weighted by atomic mass is 10.1. The largest absolute Gasteiger partial charge is 0.356 e. The minimum atomic E-state index is 0.316. The van der Waals surface area contributed by atoms with Crippen molar-refractivity contribution in [3.05, 3.63) is 0 Å². The molecule has 0 saturated heterocycles. The van der Waals surface area contributed by atoms with E-state index in [1.54, 1.807) is 0 Å². The van der Waals surface area contributed by atoms with Crippen molar-refractivity contribution >= 4 is 5.91 Å². The van der Waals surface area contributed by atoms with Crippen LogP contribution in [0.4, 0.5) is 0 Å². The number of carbonyl (C=O) groups excluding carboxylic acids is 1. The summed E-state index contributed by atoms with van der Waals surface area (Å²) in [6.07, 6.45) is 6.10. The van der Waals surface area contributed by atoms with Crippen molar-refractivity contribution in [2.75, 3.05) is 6.54 Å².